The maximum absolute atomic E-state index is 11.8. The van der Waals surface area contributed by atoms with Gasteiger partial charge in [0.05, 0.1) is 13.2 Å². The molecule has 0 saturated carbocycles. The molecule has 1 atom stereocenters. The van der Waals surface area contributed by atoms with Crippen molar-refractivity contribution in [2.75, 3.05) is 59.7 Å². The van der Waals surface area contributed by atoms with E-state index in [4.69, 9.17) is 15.2 Å². The molecule has 0 aliphatic carbocycles. The van der Waals surface area contributed by atoms with Crippen molar-refractivity contribution in [2.45, 2.75) is 13.0 Å². The van der Waals surface area contributed by atoms with Crippen molar-refractivity contribution in [1.82, 2.24) is 9.80 Å². The van der Waals surface area contributed by atoms with E-state index in [1.165, 1.54) is 0 Å². The van der Waals surface area contributed by atoms with E-state index in [1.807, 2.05) is 4.90 Å². The summed E-state index contributed by atoms with van der Waals surface area (Å²) in [7, 11) is 1.61. The number of amides is 1. The second-order valence-corrected chi connectivity index (χ2v) is 4.55. The Hall–Kier alpha value is -0.690. The number of carbonyl (C=O) groups excluding carboxylic acids is 1. The van der Waals surface area contributed by atoms with Crippen molar-refractivity contribution in [3.8, 4) is 0 Å². The fraction of sp³-hybridized carbons (Fsp3) is 0.917. The first kappa shape index (κ1) is 15.4. The molecule has 6 heteroatoms. The molecular weight excluding hydrogens is 234 g/mol. The molecule has 1 fully saturated rings. The third kappa shape index (κ3) is 4.89. The van der Waals surface area contributed by atoms with Gasteiger partial charge in [-0.15, -0.1) is 0 Å². The van der Waals surface area contributed by atoms with E-state index >= 15 is 0 Å². The quantitative estimate of drug-likeness (QED) is 0.603. The van der Waals surface area contributed by atoms with Crippen molar-refractivity contribution in [1.29, 1.82) is 0 Å². The number of piperazine rings is 1. The first-order valence-corrected chi connectivity index (χ1v) is 6.47. The number of hydrogen-bond acceptors (Lipinski definition) is 5. The number of nitrogens with two attached hydrogens (primary N) is 1. The molecule has 0 spiro atoms. The van der Waals surface area contributed by atoms with Gasteiger partial charge in [-0.3, -0.25) is 9.69 Å². The second-order valence-electron chi connectivity index (χ2n) is 4.55. The molecule has 0 bridgehead atoms. The zero-order chi connectivity index (χ0) is 13.4. The Labute approximate surface area is 109 Å². The van der Waals surface area contributed by atoms with E-state index in [9.17, 15) is 4.79 Å². The van der Waals surface area contributed by atoms with Crippen LogP contribution in [0.4, 0.5) is 0 Å². The van der Waals surface area contributed by atoms with Crippen molar-refractivity contribution >= 4 is 5.91 Å². The third-order valence-corrected chi connectivity index (χ3v) is 3.29. The molecule has 0 aromatic heterocycles. The molecule has 1 aliphatic rings. The van der Waals surface area contributed by atoms with Crippen LogP contribution in [0.2, 0.25) is 0 Å². The summed E-state index contributed by atoms with van der Waals surface area (Å²) in [5.74, 6) is 0.0613. The lowest BCUT2D eigenvalue weighted by Gasteiger charge is -2.37. The molecule has 1 amide bonds. The van der Waals surface area contributed by atoms with Crippen molar-refractivity contribution < 1.29 is 14.3 Å². The van der Waals surface area contributed by atoms with E-state index in [0.717, 1.165) is 26.2 Å². The number of carbonyl (C=O) groups is 1. The second kappa shape index (κ2) is 8.42. The molecule has 1 heterocycles. The van der Waals surface area contributed by atoms with Crippen LogP contribution in [-0.2, 0) is 14.3 Å². The fourth-order valence-electron chi connectivity index (χ4n) is 1.95. The summed E-state index contributed by atoms with van der Waals surface area (Å²) < 4.78 is 10.1. The van der Waals surface area contributed by atoms with Gasteiger partial charge in [-0.25, -0.2) is 0 Å². The predicted octanol–water partition coefficient (Wildman–Crippen LogP) is -0.859. The Morgan fingerprint density at radius 2 is 1.94 bits per heavy atom. The average molecular weight is 259 g/mol. The van der Waals surface area contributed by atoms with E-state index in [-0.39, 0.29) is 12.5 Å². The first-order valence-electron chi connectivity index (χ1n) is 6.47. The summed E-state index contributed by atoms with van der Waals surface area (Å²) in [5, 5.41) is 0. The van der Waals surface area contributed by atoms with Gasteiger partial charge in [-0.1, -0.05) is 0 Å². The fourth-order valence-corrected chi connectivity index (χ4v) is 1.95. The molecule has 0 aromatic carbocycles. The van der Waals surface area contributed by atoms with Gasteiger partial charge in [-0.05, 0) is 6.92 Å². The monoisotopic (exact) mass is 259 g/mol. The molecule has 1 saturated heterocycles. The van der Waals surface area contributed by atoms with Gasteiger partial charge in [0.25, 0.3) is 0 Å². The van der Waals surface area contributed by atoms with Crippen LogP contribution in [0.1, 0.15) is 6.92 Å². The summed E-state index contributed by atoms with van der Waals surface area (Å²) in [6.45, 7) is 7.22. The third-order valence-electron chi connectivity index (χ3n) is 3.29. The Bertz CT molecular complexity index is 243. The summed E-state index contributed by atoms with van der Waals surface area (Å²) in [6, 6.07) is 0.389. The van der Waals surface area contributed by atoms with E-state index in [1.54, 1.807) is 7.11 Å². The Kier molecular flexibility index (Phi) is 7.19. The van der Waals surface area contributed by atoms with Gasteiger partial charge in [0.2, 0.25) is 5.91 Å². The van der Waals surface area contributed by atoms with E-state index < -0.39 is 0 Å². The van der Waals surface area contributed by atoms with Gasteiger partial charge in [-0.2, -0.15) is 0 Å². The molecule has 0 aromatic rings. The lowest BCUT2D eigenvalue weighted by atomic mass is 10.2. The molecule has 18 heavy (non-hydrogen) atoms. The SMILES string of the molecule is COCCOCC(=O)N1CCN(C(C)CN)CC1. The normalized spacial score (nSPS) is 18.9. The highest BCUT2D eigenvalue weighted by Gasteiger charge is 2.23. The Morgan fingerprint density at radius 1 is 1.28 bits per heavy atom. The number of rotatable bonds is 7. The maximum atomic E-state index is 11.8. The summed E-state index contributed by atoms with van der Waals surface area (Å²) in [5.41, 5.74) is 5.64. The summed E-state index contributed by atoms with van der Waals surface area (Å²) >= 11 is 0. The number of nitrogens with zero attached hydrogens (tertiary/aromatic N) is 2. The van der Waals surface area contributed by atoms with Crippen LogP contribution in [0.25, 0.3) is 0 Å². The van der Waals surface area contributed by atoms with Gasteiger partial charge in [0.15, 0.2) is 0 Å². The lowest BCUT2D eigenvalue weighted by Crippen LogP contribution is -2.53. The smallest absolute Gasteiger partial charge is 0.248 e. The number of hydrogen-bond donors (Lipinski definition) is 1. The molecule has 2 N–H and O–H groups in total. The molecule has 1 rings (SSSR count). The minimum Gasteiger partial charge on any atom is -0.382 e. The largest absolute Gasteiger partial charge is 0.382 e. The van der Waals surface area contributed by atoms with Crippen LogP contribution in [0.15, 0.2) is 0 Å². The number of ether oxygens (including phenoxy) is 2. The van der Waals surface area contributed by atoms with Crippen LogP contribution in [0.5, 0.6) is 0 Å². The Balaban J connectivity index is 2.19. The highest BCUT2D eigenvalue weighted by atomic mass is 16.5. The molecular formula is C12H25N3O3. The molecule has 106 valence electrons. The van der Waals surface area contributed by atoms with Gasteiger partial charge in [0, 0.05) is 45.9 Å². The van der Waals surface area contributed by atoms with E-state index in [2.05, 4.69) is 11.8 Å². The molecule has 0 radical (unpaired) electrons. The zero-order valence-electron chi connectivity index (χ0n) is 11.4. The average Bonchev–Trinajstić information content (AvgIpc) is 2.42. The highest BCUT2D eigenvalue weighted by molar-refractivity contribution is 5.77. The van der Waals surface area contributed by atoms with Gasteiger partial charge in [0.1, 0.15) is 6.61 Å². The van der Waals surface area contributed by atoms with Crippen LogP contribution in [0.3, 0.4) is 0 Å². The molecule has 1 aliphatic heterocycles. The molecule has 6 nitrogen and oxygen atoms in total. The summed E-state index contributed by atoms with van der Waals surface area (Å²) in [6.07, 6.45) is 0. The minimum absolute atomic E-state index is 0.0613. The van der Waals surface area contributed by atoms with Gasteiger partial charge >= 0.3 is 0 Å². The lowest BCUT2D eigenvalue weighted by molar-refractivity contribution is -0.138. The van der Waals surface area contributed by atoms with Crippen LogP contribution in [-0.4, -0.2) is 81.4 Å². The van der Waals surface area contributed by atoms with Crippen molar-refractivity contribution in [2.24, 2.45) is 5.73 Å². The van der Waals surface area contributed by atoms with Crippen LogP contribution >= 0.6 is 0 Å². The predicted molar refractivity (Wildman–Crippen MR) is 69.4 cm³/mol. The van der Waals surface area contributed by atoms with Crippen molar-refractivity contribution in [3.05, 3.63) is 0 Å². The van der Waals surface area contributed by atoms with Crippen LogP contribution in [0, 0.1) is 0 Å². The van der Waals surface area contributed by atoms with Crippen LogP contribution < -0.4 is 5.73 Å². The van der Waals surface area contributed by atoms with Crippen molar-refractivity contribution in [3.63, 3.8) is 0 Å². The van der Waals surface area contributed by atoms with Gasteiger partial charge < -0.3 is 20.1 Å². The zero-order valence-corrected chi connectivity index (χ0v) is 11.4. The summed E-state index contributed by atoms with van der Waals surface area (Å²) in [4.78, 5) is 16.0. The minimum atomic E-state index is 0.0613. The maximum Gasteiger partial charge on any atom is 0.248 e. The molecule has 1 unspecified atom stereocenters. The first-order chi connectivity index (χ1) is 8.69. The van der Waals surface area contributed by atoms with E-state index in [0.29, 0.717) is 25.8 Å². The Morgan fingerprint density at radius 3 is 2.50 bits per heavy atom. The number of methoxy groups -OCH3 is 1. The standard InChI is InChI=1S/C12H25N3O3/c1-11(9-13)14-3-5-15(6-4-14)12(16)10-18-8-7-17-2/h11H,3-10,13H2,1-2H3. The highest BCUT2D eigenvalue weighted by Crippen LogP contribution is 2.05. The topological polar surface area (TPSA) is 68.0 Å².